The summed E-state index contributed by atoms with van der Waals surface area (Å²) in [5, 5.41) is 16.6. The van der Waals surface area contributed by atoms with Gasteiger partial charge in [-0.1, -0.05) is 12.1 Å². The second-order valence-corrected chi connectivity index (χ2v) is 6.16. The van der Waals surface area contributed by atoms with E-state index in [4.69, 9.17) is 10.5 Å². The minimum atomic E-state index is -0.108. The summed E-state index contributed by atoms with van der Waals surface area (Å²) in [7, 11) is 1.89. The molecule has 1 aromatic carbocycles. The van der Waals surface area contributed by atoms with Crippen LogP contribution in [0.15, 0.2) is 42.7 Å². The van der Waals surface area contributed by atoms with Crippen LogP contribution >= 0.6 is 0 Å². The largest absolute Gasteiger partial charge is 0.474 e. The lowest BCUT2D eigenvalue weighted by atomic mass is 10.1. The van der Waals surface area contributed by atoms with Crippen LogP contribution in [0.25, 0.3) is 11.1 Å². The number of benzene rings is 1. The highest BCUT2D eigenvalue weighted by molar-refractivity contribution is 5.70. The fourth-order valence-electron chi connectivity index (χ4n) is 2.49. The van der Waals surface area contributed by atoms with Gasteiger partial charge in [0.2, 0.25) is 5.88 Å². The molecule has 7 heteroatoms. The summed E-state index contributed by atoms with van der Waals surface area (Å²) in [6.07, 6.45) is 3.67. The fraction of sp³-hybridized carbons (Fsp3) is 0.211. The van der Waals surface area contributed by atoms with Crippen LogP contribution in [-0.2, 0) is 7.05 Å². The van der Waals surface area contributed by atoms with Crippen LogP contribution in [0.1, 0.15) is 19.4 Å². The summed E-state index contributed by atoms with van der Waals surface area (Å²) in [6, 6.07) is 11.6. The van der Waals surface area contributed by atoms with Crippen molar-refractivity contribution in [3.63, 3.8) is 0 Å². The number of anilines is 3. The Morgan fingerprint density at radius 3 is 2.54 bits per heavy atom. The molecule has 0 fully saturated rings. The van der Waals surface area contributed by atoms with Crippen molar-refractivity contribution < 1.29 is 4.74 Å². The van der Waals surface area contributed by atoms with Crippen LogP contribution in [0.2, 0.25) is 0 Å². The molecule has 0 bridgehead atoms. The lowest BCUT2D eigenvalue weighted by molar-refractivity contribution is 0.232. The van der Waals surface area contributed by atoms with Crippen LogP contribution < -0.4 is 15.8 Å². The summed E-state index contributed by atoms with van der Waals surface area (Å²) in [6.45, 7) is 3.74. The number of rotatable bonds is 5. The SMILES string of the molecule is CC(C)Oc1nc(Nc2ccc(-c3cnn(C)c3)cc2)cc(N)c1C#N. The smallest absolute Gasteiger partial charge is 0.236 e. The molecule has 3 N–H and O–H groups in total. The molecule has 0 amide bonds. The second-order valence-electron chi connectivity index (χ2n) is 6.16. The third-order valence-corrected chi connectivity index (χ3v) is 3.67. The van der Waals surface area contributed by atoms with Gasteiger partial charge in [-0.2, -0.15) is 15.3 Å². The normalized spacial score (nSPS) is 10.6. The van der Waals surface area contributed by atoms with Gasteiger partial charge in [-0.25, -0.2) is 0 Å². The number of pyridine rings is 1. The summed E-state index contributed by atoms with van der Waals surface area (Å²) in [5.41, 5.74) is 9.52. The average Bonchev–Trinajstić information content (AvgIpc) is 3.01. The Bertz CT molecular complexity index is 953. The number of aryl methyl sites for hydroxylation is 1. The van der Waals surface area contributed by atoms with Crippen LogP contribution in [0.4, 0.5) is 17.2 Å². The van der Waals surface area contributed by atoms with E-state index in [2.05, 4.69) is 15.4 Å². The molecule has 0 spiro atoms. The first-order valence-electron chi connectivity index (χ1n) is 8.19. The highest BCUT2D eigenvalue weighted by Gasteiger charge is 2.13. The van der Waals surface area contributed by atoms with Gasteiger partial charge in [0.25, 0.3) is 0 Å². The van der Waals surface area contributed by atoms with Crippen molar-refractivity contribution in [1.29, 1.82) is 5.26 Å². The highest BCUT2D eigenvalue weighted by atomic mass is 16.5. The van der Waals surface area contributed by atoms with Crippen LogP contribution in [0.5, 0.6) is 5.88 Å². The molecule has 0 saturated heterocycles. The zero-order valence-electron chi connectivity index (χ0n) is 14.9. The number of hydrogen-bond acceptors (Lipinski definition) is 6. The Kier molecular flexibility index (Phi) is 4.76. The van der Waals surface area contributed by atoms with Crippen LogP contribution in [0, 0.1) is 11.3 Å². The Hall–Kier alpha value is -3.53. The Morgan fingerprint density at radius 1 is 1.23 bits per heavy atom. The van der Waals surface area contributed by atoms with Crippen molar-refractivity contribution in [2.75, 3.05) is 11.1 Å². The molecule has 7 nitrogen and oxygen atoms in total. The molecule has 0 saturated carbocycles. The van der Waals surface area contributed by atoms with Crippen molar-refractivity contribution in [3.8, 4) is 23.1 Å². The first kappa shape index (κ1) is 17.3. The Morgan fingerprint density at radius 2 is 1.96 bits per heavy atom. The van der Waals surface area contributed by atoms with Crippen molar-refractivity contribution in [2.24, 2.45) is 7.05 Å². The molecule has 0 unspecified atom stereocenters. The van der Waals surface area contributed by atoms with Gasteiger partial charge in [-0.3, -0.25) is 4.68 Å². The first-order valence-corrected chi connectivity index (χ1v) is 8.19. The van der Waals surface area contributed by atoms with Gasteiger partial charge >= 0.3 is 0 Å². The number of nitrogens with zero attached hydrogens (tertiary/aromatic N) is 4. The minimum Gasteiger partial charge on any atom is -0.474 e. The molecule has 2 aromatic heterocycles. The third kappa shape index (κ3) is 3.75. The highest BCUT2D eigenvalue weighted by Crippen LogP contribution is 2.28. The number of aromatic nitrogens is 3. The maximum atomic E-state index is 9.26. The van der Waals surface area contributed by atoms with Crippen molar-refractivity contribution in [2.45, 2.75) is 20.0 Å². The summed E-state index contributed by atoms with van der Waals surface area (Å²) >= 11 is 0. The van der Waals surface area contributed by atoms with Gasteiger partial charge in [0.15, 0.2) is 0 Å². The van der Waals surface area contributed by atoms with Gasteiger partial charge in [0.1, 0.15) is 17.5 Å². The van der Waals surface area contributed by atoms with E-state index in [9.17, 15) is 5.26 Å². The van der Waals surface area contributed by atoms with Crippen molar-refractivity contribution >= 4 is 17.2 Å². The van der Waals surface area contributed by atoms with Gasteiger partial charge in [0, 0.05) is 30.6 Å². The maximum Gasteiger partial charge on any atom is 0.236 e. The maximum absolute atomic E-state index is 9.26. The number of nitrogen functional groups attached to an aromatic ring is 1. The number of hydrogen-bond donors (Lipinski definition) is 2. The molecule has 0 aliphatic heterocycles. The number of nitrogens with one attached hydrogen (secondary N) is 1. The standard InChI is InChI=1S/C19H20N6O/c1-12(2)26-19-16(9-20)17(21)8-18(24-19)23-15-6-4-13(5-7-15)14-10-22-25(3)11-14/h4-8,10-12H,1-3H3,(H3,21,23,24). The minimum absolute atomic E-state index is 0.108. The topological polar surface area (TPSA) is 102 Å². The van der Waals surface area contributed by atoms with Gasteiger partial charge < -0.3 is 15.8 Å². The first-order chi connectivity index (χ1) is 12.5. The van der Waals surface area contributed by atoms with E-state index in [0.29, 0.717) is 11.5 Å². The molecule has 3 aromatic rings. The third-order valence-electron chi connectivity index (χ3n) is 3.67. The summed E-state index contributed by atoms with van der Waals surface area (Å²) in [5.74, 6) is 0.753. The molecule has 0 aliphatic carbocycles. The van der Waals surface area contributed by atoms with E-state index in [1.165, 1.54) is 0 Å². The average molecular weight is 348 g/mol. The number of nitrogens with two attached hydrogens (primary N) is 1. The fourth-order valence-corrected chi connectivity index (χ4v) is 2.49. The Labute approximate surface area is 152 Å². The van der Waals surface area contributed by atoms with E-state index >= 15 is 0 Å². The molecular formula is C19H20N6O. The monoisotopic (exact) mass is 348 g/mol. The summed E-state index contributed by atoms with van der Waals surface area (Å²) in [4.78, 5) is 4.37. The zero-order valence-corrected chi connectivity index (χ0v) is 14.9. The molecule has 2 heterocycles. The van der Waals surface area contributed by atoms with Crippen LogP contribution in [0.3, 0.4) is 0 Å². The van der Waals surface area contributed by atoms with E-state index < -0.39 is 0 Å². The molecule has 132 valence electrons. The van der Waals surface area contributed by atoms with E-state index in [-0.39, 0.29) is 17.5 Å². The molecule has 0 aliphatic rings. The molecule has 26 heavy (non-hydrogen) atoms. The van der Waals surface area contributed by atoms with E-state index in [1.807, 2.05) is 63.6 Å². The predicted molar refractivity (Wildman–Crippen MR) is 101 cm³/mol. The Balaban J connectivity index is 1.84. The zero-order chi connectivity index (χ0) is 18.7. The number of ether oxygens (including phenoxy) is 1. The lowest BCUT2D eigenvalue weighted by Crippen LogP contribution is -2.10. The van der Waals surface area contributed by atoms with E-state index in [0.717, 1.165) is 16.8 Å². The quantitative estimate of drug-likeness (QED) is 0.732. The molecular weight excluding hydrogens is 328 g/mol. The molecule has 0 atom stereocenters. The van der Waals surface area contributed by atoms with Crippen LogP contribution in [-0.4, -0.2) is 20.9 Å². The van der Waals surface area contributed by atoms with Gasteiger partial charge in [0.05, 0.1) is 18.0 Å². The number of nitriles is 1. The predicted octanol–water partition coefficient (Wildman–Crippen LogP) is 3.47. The van der Waals surface area contributed by atoms with Gasteiger partial charge in [-0.05, 0) is 31.5 Å². The molecule has 0 radical (unpaired) electrons. The lowest BCUT2D eigenvalue weighted by Gasteiger charge is -2.14. The summed E-state index contributed by atoms with van der Waals surface area (Å²) < 4.78 is 7.38. The molecule has 3 rings (SSSR count). The van der Waals surface area contributed by atoms with Crippen molar-refractivity contribution in [3.05, 3.63) is 48.3 Å². The van der Waals surface area contributed by atoms with Crippen molar-refractivity contribution in [1.82, 2.24) is 14.8 Å². The van der Waals surface area contributed by atoms with E-state index in [1.54, 1.807) is 10.7 Å². The van der Waals surface area contributed by atoms with Gasteiger partial charge in [-0.15, -0.1) is 0 Å². The second kappa shape index (κ2) is 7.15.